The molecule has 1 saturated heterocycles. The van der Waals surface area contributed by atoms with Gasteiger partial charge in [-0.25, -0.2) is 4.39 Å². The van der Waals surface area contributed by atoms with Crippen molar-refractivity contribution in [1.29, 1.82) is 0 Å². The highest BCUT2D eigenvalue weighted by Gasteiger charge is 2.37. The molecule has 1 atom stereocenters. The Bertz CT molecular complexity index is 921. The Kier molecular flexibility index (Phi) is 5.24. The van der Waals surface area contributed by atoms with Gasteiger partial charge in [-0.15, -0.1) is 0 Å². The van der Waals surface area contributed by atoms with E-state index in [1.165, 1.54) is 12.1 Å². The van der Waals surface area contributed by atoms with E-state index in [4.69, 9.17) is 16.6 Å². The molecule has 3 rings (SSSR count). The van der Waals surface area contributed by atoms with Gasteiger partial charge in [0.05, 0.1) is 22.5 Å². The summed E-state index contributed by atoms with van der Waals surface area (Å²) in [6.07, 6.45) is 1.64. The molecular formula is C18H13FNO4S2-. The molecule has 0 unspecified atom stereocenters. The largest absolute Gasteiger partial charge is 0.548 e. The molecular weight excluding hydrogens is 377 g/mol. The van der Waals surface area contributed by atoms with Crippen molar-refractivity contribution < 1.29 is 23.5 Å². The summed E-state index contributed by atoms with van der Waals surface area (Å²) in [5, 5.41) is 11.2. The topological polar surface area (TPSA) is 73.6 Å². The van der Waals surface area contributed by atoms with Gasteiger partial charge < -0.3 is 14.3 Å². The third-order valence-electron chi connectivity index (χ3n) is 3.83. The van der Waals surface area contributed by atoms with Crippen molar-refractivity contribution in [3.63, 3.8) is 0 Å². The van der Waals surface area contributed by atoms with Crippen LogP contribution in [0.1, 0.15) is 19.1 Å². The lowest BCUT2D eigenvalue weighted by molar-refractivity contribution is -0.310. The van der Waals surface area contributed by atoms with Crippen LogP contribution < -0.4 is 5.11 Å². The van der Waals surface area contributed by atoms with E-state index in [0.29, 0.717) is 17.1 Å². The fraction of sp³-hybridized carbons (Fsp3) is 0.167. The van der Waals surface area contributed by atoms with Gasteiger partial charge in [-0.2, -0.15) is 0 Å². The molecule has 134 valence electrons. The van der Waals surface area contributed by atoms with Crippen LogP contribution >= 0.6 is 24.0 Å². The zero-order chi connectivity index (χ0) is 18.8. The fourth-order valence-corrected chi connectivity index (χ4v) is 3.91. The number of carbonyl (C=O) groups excluding carboxylic acids is 2. The first kappa shape index (κ1) is 18.3. The maximum Gasteiger partial charge on any atom is 0.266 e. The standard InChI is InChI=1S/C18H14FNO4S2/c1-2-13(17(22)23)20-16(21)15(26-18(20)25)9-10-7-8-14(24-10)11-5-3-4-6-12(11)19/h3-9,13H,2H2,1H3,(H,22,23)/p-1/b15-9+/t13-/m0/s1. The van der Waals surface area contributed by atoms with Crippen LogP contribution in [0.15, 0.2) is 45.7 Å². The molecule has 1 aliphatic rings. The van der Waals surface area contributed by atoms with Gasteiger partial charge in [0.15, 0.2) is 0 Å². The predicted molar refractivity (Wildman–Crippen MR) is 98.2 cm³/mol. The second-order valence-electron chi connectivity index (χ2n) is 5.48. The van der Waals surface area contributed by atoms with E-state index < -0.39 is 23.7 Å². The molecule has 0 saturated carbocycles. The van der Waals surface area contributed by atoms with Crippen LogP contribution in [0, 0.1) is 5.82 Å². The molecule has 2 aromatic rings. The maximum atomic E-state index is 13.8. The average molecular weight is 390 g/mol. The van der Waals surface area contributed by atoms with E-state index in [0.717, 1.165) is 16.7 Å². The molecule has 0 N–H and O–H groups in total. The lowest BCUT2D eigenvalue weighted by atomic mass is 10.1. The molecule has 0 bridgehead atoms. The summed E-state index contributed by atoms with van der Waals surface area (Å²) in [4.78, 5) is 25.0. The number of carboxylic acids is 1. The van der Waals surface area contributed by atoms with Crippen molar-refractivity contribution in [3.8, 4) is 11.3 Å². The summed E-state index contributed by atoms with van der Waals surface area (Å²) >= 11 is 6.12. The van der Waals surface area contributed by atoms with Crippen LogP contribution in [0.4, 0.5) is 4.39 Å². The Morgan fingerprint density at radius 1 is 1.38 bits per heavy atom. The maximum absolute atomic E-state index is 13.8. The lowest BCUT2D eigenvalue weighted by Crippen LogP contribution is -2.49. The Hall–Kier alpha value is -2.45. The van der Waals surface area contributed by atoms with Gasteiger partial charge in [-0.05, 0) is 30.7 Å². The molecule has 1 aromatic carbocycles. The highest BCUT2D eigenvalue weighted by Crippen LogP contribution is 2.35. The minimum atomic E-state index is -1.36. The number of halogens is 1. The summed E-state index contributed by atoms with van der Waals surface area (Å²) in [6.45, 7) is 1.63. The summed E-state index contributed by atoms with van der Waals surface area (Å²) in [6, 6.07) is 8.27. The first-order valence-corrected chi connectivity index (χ1v) is 8.97. The number of hydrogen-bond donors (Lipinski definition) is 0. The van der Waals surface area contributed by atoms with Crippen molar-refractivity contribution in [3.05, 3.63) is 52.9 Å². The number of nitrogens with zero attached hydrogens (tertiary/aromatic N) is 1. The van der Waals surface area contributed by atoms with Gasteiger partial charge in [-0.3, -0.25) is 9.69 Å². The summed E-state index contributed by atoms with van der Waals surface area (Å²) < 4.78 is 19.6. The van der Waals surface area contributed by atoms with Crippen LogP contribution in [-0.2, 0) is 9.59 Å². The van der Waals surface area contributed by atoms with E-state index >= 15 is 0 Å². The third-order valence-corrected chi connectivity index (χ3v) is 5.16. The van der Waals surface area contributed by atoms with Crippen LogP contribution in [-0.4, -0.2) is 27.1 Å². The minimum Gasteiger partial charge on any atom is -0.548 e. The van der Waals surface area contributed by atoms with Gasteiger partial charge in [0.2, 0.25) is 0 Å². The number of aliphatic carboxylic acids is 1. The lowest BCUT2D eigenvalue weighted by Gasteiger charge is -2.26. The number of benzene rings is 1. The second kappa shape index (κ2) is 7.43. The first-order valence-electron chi connectivity index (χ1n) is 7.75. The fourth-order valence-electron chi connectivity index (χ4n) is 2.57. The van der Waals surface area contributed by atoms with E-state index in [1.807, 2.05) is 0 Å². The van der Waals surface area contributed by atoms with Crippen LogP contribution in [0.2, 0.25) is 0 Å². The number of thioether (sulfide) groups is 1. The molecule has 0 spiro atoms. The van der Waals surface area contributed by atoms with E-state index in [9.17, 15) is 19.1 Å². The summed E-state index contributed by atoms with van der Waals surface area (Å²) in [7, 11) is 0. The number of rotatable bonds is 5. The van der Waals surface area contributed by atoms with Crippen molar-refractivity contribution in [2.45, 2.75) is 19.4 Å². The number of amides is 1. The molecule has 0 radical (unpaired) electrons. The van der Waals surface area contributed by atoms with Crippen molar-refractivity contribution in [2.24, 2.45) is 0 Å². The average Bonchev–Trinajstić information content (AvgIpc) is 3.16. The molecule has 1 amide bonds. The molecule has 2 heterocycles. The molecule has 5 nitrogen and oxygen atoms in total. The SMILES string of the molecule is CC[C@@H](C(=O)[O-])N1C(=O)/C(=C\c2ccc(-c3ccccc3F)o2)SC1=S. The third kappa shape index (κ3) is 3.42. The first-order chi connectivity index (χ1) is 12.4. The normalized spacial score (nSPS) is 17.2. The van der Waals surface area contributed by atoms with Gasteiger partial charge >= 0.3 is 0 Å². The predicted octanol–water partition coefficient (Wildman–Crippen LogP) is 2.82. The minimum absolute atomic E-state index is 0.151. The zero-order valence-electron chi connectivity index (χ0n) is 13.6. The molecule has 1 aromatic heterocycles. The highest BCUT2D eigenvalue weighted by molar-refractivity contribution is 8.26. The molecule has 1 aliphatic heterocycles. The Labute approximate surface area is 158 Å². The van der Waals surface area contributed by atoms with Gasteiger partial charge in [0.1, 0.15) is 21.7 Å². The van der Waals surface area contributed by atoms with Crippen LogP contribution in [0.3, 0.4) is 0 Å². The Morgan fingerprint density at radius 3 is 2.77 bits per heavy atom. The zero-order valence-corrected chi connectivity index (χ0v) is 15.2. The van der Waals surface area contributed by atoms with Crippen molar-refractivity contribution in [2.75, 3.05) is 0 Å². The second-order valence-corrected chi connectivity index (χ2v) is 7.15. The molecule has 26 heavy (non-hydrogen) atoms. The van der Waals surface area contributed by atoms with Gasteiger partial charge in [-0.1, -0.05) is 43.0 Å². The van der Waals surface area contributed by atoms with Crippen molar-refractivity contribution >= 4 is 46.3 Å². The number of thiocarbonyl (C=S) groups is 1. The molecule has 0 aliphatic carbocycles. The Morgan fingerprint density at radius 2 is 2.12 bits per heavy atom. The number of furan rings is 1. The summed E-state index contributed by atoms with van der Waals surface area (Å²) in [5.74, 6) is -1.62. The van der Waals surface area contributed by atoms with Crippen LogP contribution in [0.5, 0.6) is 0 Å². The van der Waals surface area contributed by atoms with Crippen LogP contribution in [0.25, 0.3) is 17.4 Å². The highest BCUT2D eigenvalue weighted by atomic mass is 32.2. The van der Waals surface area contributed by atoms with E-state index in [-0.39, 0.29) is 15.6 Å². The molecule has 8 heteroatoms. The Balaban J connectivity index is 1.88. The van der Waals surface area contributed by atoms with Gasteiger partial charge in [0.25, 0.3) is 5.91 Å². The van der Waals surface area contributed by atoms with Gasteiger partial charge in [0, 0.05) is 6.08 Å². The summed E-state index contributed by atoms with van der Waals surface area (Å²) in [5.41, 5.74) is 0.308. The monoisotopic (exact) mass is 390 g/mol. The van der Waals surface area contributed by atoms with E-state index in [1.54, 1.807) is 37.3 Å². The van der Waals surface area contributed by atoms with Crippen molar-refractivity contribution in [1.82, 2.24) is 4.90 Å². The quantitative estimate of drug-likeness (QED) is 0.577. The smallest absolute Gasteiger partial charge is 0.266 e. The number of carbonyl (C=O) groups is 2. The molecule has 1 fully saturated rings. The number of carboxylic acid groups (broad SMARTS) is 1. The van der Waals surface area contributed by atoms with E-state index in [2.05, 4.69) is 0 Å². The number of hydrogen-bond acceptors (Lipinski definition) is 6.